The lowest BCUT2D eigenvalue weighted by atomic mass is 10.2. The van der Waals surface area contributed by atoms with Gasteiger partial charge in [0.2, 0.25) is 0 Å². The van der Waals surface area contributed by atoms with Gasteiger partial charge in [-0.25, -0.2) is 4.68 Å². The van der Waals surface area contributed by atoms with E-state index in [0.29, 0.717) is 21.3 Å². The van der Waals surface area contributed by atoms with E-state index in [2.05, 4.69) is 10.4 Å². The molecule has 0 aliphatic carbocycles. The molecule has 0 saturated carbocycles. The van der Waals surface area contributed by atoms with Gasteiger partial charge in [0.05, 0.1) is 33.5 Å². The summed E-state index contributed by atoms with van der Waals surface area (Å²) in [6.07, 6.45) is 0.0413. The van der Waals surface area contributed by atoms with Crippen LogP contribution in [0.25, 0.3) is 5.69 Å². The lowest BCUT2D eigenvalue weighted by Gasteiger charge is -2.08. The van der Waals surface area contributed by atoms with Crippen LogP contribution in [0.2, 0.25) is 4.34 Å². The molecule has 3 rings (SSSR count). The van der Waals surface area contributed by atoms with Gasteiger partial charge in [-0.2, -0.15) is 5.10 Å². The maximum Gasteiger partial charge on any atom is 0.310 e. The van der Waals surface area contributed by atoms with Crippen LogP contribution in [0.4, 0.5) is 5.69 Å². The Hall–Kier alpha value is -2.64. The summed E-state index contributed by atoms with van der Waals surface area (Å²) in [7, 11) is 0. The van der Waals surface area contributed by atoms with Crippen molar-refractivity contribution in [3.05, 3.63) is 63.1 Å². The van der Waals surface area contributed by atoms with Crippen molar-refractivity contribution in [1.82, 2.24) is 9.78 Å². The van der Waals surface area contributed by atoms with Gasteiger partial charge in [0, 0.05) is 0 Å². The average molecular weight is 404 g/mol. The summed E-state index contributed by atoms with van der Waals surface area (Å²) in [4.78, 5) is 24.1. The Morgan fingerprint density at radius 3 is 2.63 bits per heavy atom. The molecule has 0 aliphatic heterocycles. The number of hydrogen-bond donors (Lipinski definition) is 1. The summed E-state index contributed by atoms with van der Waals surface area (Å²) in [5, 5.41) is 9.04. The number of benzene rings is 1. The van der Waals surface area contributed by atoms with Crippen molar-refractivity contribution in [2.75, 3.05) is 11.9 Å². The van der Waals surface area contributed by atoms with E-state index in [4.69, 9.17) is 16.3 Å². The predicted octanol–water partition coefficient (Wildman–Crippen LogP) is 3.93. The molecule has 0 fully saturated rings. The van der Waals surface area contributed by atoms with Gasteiger partial charge in [-0.1, -0.05) is 29.8 Å². The lowest BCUT2D eigenvalue weighted by molar-refractivity contribution is -0.146. The molecular weight excluding hydrogens is 386 g/mol. The summed E-state index contributed by atoms with van der Waals surface area (Å²) in [5.74, 6) is -0.919. The second-order valence-corrected chi connectivity index (χ2v) is 7.42. The van der Waals surface area contributed by atoms with E-state index in [1.165, 1.54) is 11.3 Å². The van der Waals surface area contributed by atoms with Crippen LogP contribution in [-0.4, -0.2) is 28.3 Å². The highest BCUT2D eigenvalue weighted by molar-refractivity contribution is 7.14. The molecule has 2 aromatic heterocycles. The highest BCUT2D eigenvalue weighted by Gasteiger charge is 2.17. The largest absolute Gasteiger partial charge is 0.455 e. The van der Waals surface area contributed by atoms with E-state index in [9.17, 15) is 9.59 Å². The Bertz CT molecular complexity index is 966. The predicted molar refractivity (Wildman–Crippen MR) is 106 cm³/mol. The summed E-state index contributed by atoms with van der Waals surface area (Å²) in [5.41, 5.74) is 3.69. The fourth-order valence-electron chi connectivity index (χ4n) is 2.62. The summed E-state index contributed by atoms with van der Waals surface area (Å²) >= 11 is 7.31. The molecule has 0 radical (unpaired) electrons. The van der Waals surface area contributed by atoms with Crippen LogP contribution >= 0.6 is 22.9 Å². The number of anilines is 1. The normalized spacial score (nSPS) is 10.6. The molecule has 6 nitrogen and oxygen atoms in total. The third kappa shape index (κ3) is 4.56. The Labute approximate surface area is 165 Å². The zero-order chi connectivity index (χ0) is 19.4. The first kappa shape index (κ1) is 19.1. The van der Waals surface area contributed by atoms with E-state index in [1.54, 1.807) is 16.1 Å². The number of carbonyl (C=O) groups is 2. The number of aryl methyl sites for hydroxylation is 1. The van der Waals surface area contributed by atoms with Gasteiger partial charge in [0.25, 0.3) is 5.91 Å². The molecule has 0 unspecified atom stereocenters. The van der Waals surface area contributed by atoms with Crippen molar-refractivity contribution in [2.24, 2.45) is 0 Å². The number of nitrogens with zero attached hydrogens (tertiary/aromatic N) is 2. The number of nitrogens with one attached hydrogen (secondary N) is 1. The number of thiophene rings is 1. The number of halogens is 1. The quantitative estimate of drug-likeness (QED) is 0.633. The van der Waals surface area contributed by atoms with Gasteiger partial charge in [0.1, 0.15) is 0 Å². The van der Waals surface area contributed by atoms with Crippen LogP contribution < -0.4 is 5.32 Å². The maximum absolute atomic E-state index is 12.2. The second kappa shape index (κ2) is 8.37. The summed E-state index contributed by atoms with van der Waals surface area (Å²) in [6.45, 7) is 3.32. The molecule has 0 saturated heterocycles. The first-order valence-corrected chi connectivity index (χ1v) is 9.50. The number of esters is 1. The molecule has 0 aliphatic rings. The van der Waals surface area contributed by atoms with Crippen molar-refractivity contribution in [3.8, 4) is 5.69 Å². The van der Waals surface area contributed by atoms with Crippen molar-refractivity contribution < 1.29 is 14.3 Å². The molecule has 0 atom stereocenters. The number of ether oxygens (including phenoxy) is 1. The van der Waals surface area contributed by atoms with Crippen LogP contribution in [0.3, 0.4) is 0 Å². The molecule has 140 valence electrons. The van der Waals surface area contributed by atoms with E-state index in [0.717, 1.165) is 11.4 Å². The third-order valence-corrected chi connectivity index (χ3v) is 5.20. The molecule has 8 heteroatoms. The molecule has 1 N–H and O–H groups in total. The van der Waals surface area contributed by atoms with Crippen LogP contribution in [0, 0.1) is 13.8 Å². The first-order valence-electron chi connectivity index (χ1n) is 8.24. The standard InChI is InChI=1S/C19H18ClN3O3S/c1-12-18(13(2)23(22-12)15-6-4-3-5-7-15)21-16(24)11-26-17(25)10-14-8-9-27-19(14)20/h3-9H,10-11H2,1-2H3,(H,21,24). The minimum atomic E-state index is -0.501. The molecular formula is C19H18ClN3O3S. The molecule has 1 aromatic carbocycles. The van der Waals surface area contributed by atoms with Crippen LogP contribution in [0.15, 0.2) is 41.8 Å². The monoisotopic (exact) mass is 403 g/mol. The van der Waals surface area contributed by atoms with E-state index < -0.39 is 11.9 Å². The number of para-hydroxylation sites is 1. The topological polar surface area (TPSA) is 73.2 Å². The Balaban J connectivity index is 1.60. The van der Waals surface area contributed by atoms with E-state index in [1.807, 2.05) is 44.2 Å². The zero-order valence-electron chi connectivity index (χ0n) is 14.9. The van der Waals surface area contributed by atoms with E-state index in [-0.39, 0.29) is 13.0 Å². The van der Waals surface area contributed by atoms with Crippen LogP contribution in [0.1, 0.15) is 17.0 Å². The highest BCUT2D eigenvalue weighted by Crippen LogP contribution is 2.24. The fourth-order valence-corrected chi connectivity index (χ4v) is 3.55. The smallest absolute Gasteiger partial charge is 0.310 e. The van der Waals surface area contributed by atoms with Crippen LogP contribution in [-0.2, 0) is 20.7 Å². The van der Waals surface area contributed by atoms with Crippen LogP contribution in [0.5, 0.6) is 0 Å². The molecule has 1 amide bonds. The maximum atomic E-state index is 12.2. The van der Waals surface area contributed by atoms with Gasteiger partial charge < -0.3 is 10.1 Å². The molecule has 0 bridgehead atoms. The minimum absolute atomic E-state index is 0.0413. The average Bonchev–Trinajstić information content (AvgIpc) is 3.18. The Morgan fingerprint density at radius 1 is 1.22 bits per heavy atom. The lowest BCUT2D eigenvalue weighted by Crippen LogP contribution is -2.22. The Kier molecular flexibility index (Phi) is 5.93. The van der Waals surface area contributed by atoms with Crippen molar-refractivity contribution in [2.45, 2.75) is 20.3 Å². The number of aromatic nitrogens is 2. The highest BCUT2D eigenvalue weighted by atomic mass is 35.5. The zero-order valence-corrected chi connectivity index (χ0v) is 16.4. The fraction of sp³-hybridized carbons (Fsp3) is 0.211. The third-order valence-electron chi connectivity index (χ3n) is 3.95. The second-order valence-electron chi connectivity index (χ2n) is 5.90. The van der Waals surface area contributed by atoms with Crippen molar-refractivity contribution in [3.63, 3.8) is 0 Å². The van der Waals surface area contributed by atoms with Gasteiger partial charge in [-0.05, 0) is 43.0 Å². The van der Waals surface area contributed by atoms with E-state index >= 15 is 0 Å². The van der Waals surface area contributed by atoms with Gasteiger partial charge >= 0.3 is 5.97 Å². The van der Waals surface area contributed by atoms with Gasteiger partial charge in [0.15, 0.2) is 6.61 Å². The number of carbonyl (C=O) groups excluding carboxylic acids is 2. The SMILES string of the molecule is Cc1nn(-c2ccccc2)c(C)c1NC(=O)COC(=O)Cc1ccsc1Cl. The molecule has 3 aromatic rings. The molecule has 27 heavy (non-hydrogen) atoms. The Morgan fingerprint density at radius 2 is 1.96 bits per heavy atom. The van der Waals surface area contributed by atoms with Gasteiger partial charge in [-0.15, -0.1) is 11.3 Å². The number of hydrogen-bond acceptors (Lipinski definition) is 5. The van der Waals surface area contributed by atoms with Crippen molar-refractivity contribution in [1.29, 1.82) is 0 Å². The minimum Gasteiger partial charge on any atom is -0.455 e. The molecule has 2 heterocycles. The molecule has 0 spiro atoms. The van der Waals surface area contributed by atoms with Gasteiger partial charge in [-0.3, -0.25) is 9.59 Å². The van der Waals surface area contributed by atoms with Crippen molar-refractivity contribution >= 4 is 40.5 Å². The first-order chi connectivity index (χ1) is 13.0. The summed E-state index contributed by atoms with van der Waals surface area (Å²) < 4.78 is 7.35. The number of rotatable bonds is 6. The summed E-state index contributed by atoms with van der Waals surface area (Å²) in [6, 6.07) is 11.4. The number of amides is 1.